The van der Waals surface area contributed by atoms with E-state index in [1.54, 1.807) is 12.1 Å². The van der Waals surface area contributed by atoms with Gasteiger partial charge in [-0.1, -0.05) is 35.9 Å². The predicted molar refractivity (Wildman–Crippen MR) is 122 cm³/mol. The van der Waals surface area contributed by atoms with Crippen molar-refractivity contribution < 1.29 is 19.1 Å². The van der Waals surface area contributed by atoms with Crippen molar-refractivity contribution in [3.8, 4) is 5.75 Å². The summed E-state index contributed by atoms with van der Waals surface area (Å²) >= 11 is 0. The second kappa shape index (κ2) is 10.3. The van der Waals surface area contributed by atoms with Gasteiger partial charge in [-0.15, -0.1) is 0 Å². The Hall–Kier alpha value is -3.80. The first-order valence-corrected chi connectivity index (χ1v) is 9.99. The van der Waals surface area contributed by atoms with Gasteiger partial charge in [-0.2, -0.15) is 0 Å². The van der Waals surface area contributed by atoms with Gasteiger partial charge in [-0.25, -0.2) is 4.79 Å². The molecule has 0 aromatic heterocycles. The SMILES string of the molecule is Cc1cc(C)c(NC(=O)COC(=O)COc2ccc(Nc3ccccc3)cc2)c(C)c1. The van der Waals surface area contributed by atoms with E-state index in [2.05, 4.69) is 10.6 Å². The highest BCUT2D eigenvalue weighted by molar-refractivity contribution is 5.94. The van der Waals surface area contributed by atoms with Gasteiger partial charge in [-0.3, -0.25) is 4.79 Å². The van der Waals surface area contributed by atoms with Gasteiger partial charge in [0, 0.05) is 17.1 Å². The highest BCUT2D eigenvalue weighted by Gasteiger charge is 2.11. The summed E-state index contributed by atoms with van der Waals surface area (Å²) in [5, 5.41) is 6.06. The highest BCUT2D eigenvalue weighted by Crippen LogP contribution is 2.22. The van der Waals surface area contributed by atoms with Gasteiger partial charge in [-0.05, 0) is 68.3 Å². The van der Waals surface area contributed by atoms with Crippen LogP contribution in [0.1, 0.15) is 16.7 Å². The number of rotatable bonds is 8. The average molecular weight is 418 g/mol. The Labute approximate surface area is 182 Å². The molecule has 0 fully saturated rings. The minimum atomic E-state index is -0.612. The van der Waals surface area contributed by atoms with E-state index in [4.69, 9.17) is 9.47 Å². The van der Waals surface area contributed by atoms with E-state index in [1.807, 2.05) is 75.4 Å². The molecule has 3 aromatic rings. The first-order valence-electron chi connectivity index (χ1n) is 9.99. The number of anilines is 3. The maximum Gasteiger partial charge on any atom is 0.344 e. The molecule has 6 heteroatoms. The fraction of sp³-hybridized carbons (Fsp3) is 0.200. The molecule has 0 aliphatic carbocycles. The quantitative estimate of drug-likeness (QED) is 0.508. The molecule has 0 atom stereocenters. The molecule has 2 N–H and O–H groups in total. The molecular formula is C25H26N2O4. The Balaban J connectivity index is 1.42. The van der Waals surface area contributed by atoms with Crippen LogP contribution in [-0.2, 0) is 14.3 Å². The number of hydrogen-bond acceptors (Lipinski definition) is 5. The van der Waals surface area contributed by atoms with Gasteiger partial charge in [0.05, 0.1) is 0 Å². The number of aryl methyl sites for hydroxylation is 3. The number of hydrogen-bond donors (Lipinski definition) is 2. The summed E-state index contributed by atoms with van der Waals surface area (Å²) in [7, 11) is 0. The van der Waals surface area contributed by atoms with Gasteiger partial charge in [0.15, 0.2) is 13.2 Å². The van der Waals surface area contributed by atoms with Crippen molar-refractivity contribution >= 4 is 28.9 Å². The van der Waals surface area contributed by atoms with Crippen LogP contribution in [0.25, 0.3) is 0 Å². The first-order chi connectivity index (χ1) is 14.9. The molecular weight excluding hydrogens is 392 g/mol. The van der Waals surface area contributed by atoms with E-state index in [-0.39, 0.29) is 19.1 Å². The standard InChI is InChI=1S/C25H26N2O4/c1-17-13-18(2)25(19(3)14-17)27-23(28)15-31-24(29)16-30-22-11-9-21(10-12-22)26-20-7-5-4-6-8-20/h4-14,26H,15-16H2,1-3H3,(H,27,28). The van der Waals surface area contributed by atoms with Crippen LogP contribution in [0.3, 0.4) is 0 Å². The molecule has 31 heavy (non-hydrogen) atoms. The molecule has 160 valence electrons. The minimum absolute atomic E-state index is 0.276. The van der Waals surface area contributed by atoms with Gasteiger partial charge in [0.1, 0.15) is 5.75 Å². The smallest absolute Gasteiger partial charge is 0.344 e. The fourth-order valence-electron chi connectivity index (χ4n) is 3.21. The molecule has 3 aromatic carbocycles. The number of amides is 1. The van der Waals surface area contributed by atoms with Crippen LogP contribution in [-0.4, -0.2) is 25.1 Å². The summed E-state index contributed by atoms with van der Waals surface area (Å²) < 4.78 is 10.5. The Morgan fingerprint density at radius 3 is 2.06 bits per heavy atom. The van der Waals surface area contributed by atoms with Crippen LogP contribution < -0.4 is 15.4 Å². The zero-order valence-electron chi connectivity index (χ0n) is 17.9. The van der Waals surface area contributed by atoms with Crippen LogP contribution in [0, 0.1) is 20.8 Å². The molecule has 0 heterocycles. The third-order valence-corrected chi connectivity index (χ3v) is 4.58. The molecule has 0 spiro atoms. The van der Waals surface area contributed by atoms with E-state index in [0.29, 0.717) is 5.75 Å². The van der Waals surface area contributed by atoms with Crippen molar-refractivity contribution in [1.82, 2.24) is 0 Å². The monoisotopic (exact) mass is 418 g/mol. The Kier molecular flexibility index (Phi) is 7.27. The lowest BCUT2D eigenvalue weighted by atomic mass is 10.1. The molecule has 1 amide bonds. The first kappa shape index (κ1) is 21.9. The molecule has 0 aliphatic rings. The van der Waals surface area contributed by atoms with E-state index in [1.165, 1.54) is 0 Å². The minimum Gasteiger partial charge on any atom is -0.482 e. The lowest BCUT2D eigenvalue weighted by Gasteiger charge is -2.13. The van der Waals surface area contributed by atoms with Gasteiger partial charge in [0.25, 0.3) is 5.91 Å². The molecule has 6 nitrogen and oxygen atoms in total. The fourth-order valence-corrected chi connectivity index (χ4v) is 3.21. The average Bonchev–Trinajstić information content (AvgIpc) is 2.75. The van der Waals surface area contributed by atoms with Gasteiger partial charge in [0.2, 0.25) is 0 Å². The Bertz CT molecular complexity index is 1020. The second-order valence-corrected chi connectivity index (χ2v) is 7.29. The molecule has 3 rings (SSSR count). The van der Waals surface area contributed by atoms with Crippen LogP contribution >= 0.6 is 0 Å². The largest absolute Gasteiger partial charge is 0.482 e. The third kappa shape index (κ3) is 6.60. The van der Waals surface area contributed by atoms with E-state index < -0.39 is 5.97 Å². The molecule has 0 bridgehead atoms. The summed E-state index contributed by atoms with van der Waals surface area (Å²) in [6.45, 7) is 5.21. The van der Waals surface area contributed by atoms with Crippen molar-refractivity contribution in [3.63, 3.8) is 0 Å². The van der Waals surface area contributed by atoms with Crippen LogP contribution in [0.15, 0.2) is 66.7 Å². The molecule has 0 saturated heterocycles. The normalized spacial score (nSPS) is 10.3. The number of carbonyl (C=O) groups is 2. The second-order valence-electron chi connectivity index (χ2n) is 7.29. The predicted octanol–water partition coefficient (Wildman–Crippen LogP) is 4.92. The summed E-state index contributed by atoms with van der Waals surface area (Å²) in [4.78, 5) is 24.1. The Morgan fingerprint density at radius 1 is 0.806 bits per heavy atom. The number of nitrogens with one attached hydrogen (secondary N) is 2. The molecule has 0 aliphatic heterocycles. The van der Waals surface area contributed by atoms with Crippen molar-refractivity contribution in [2.24, 2.45) is 0 Å². The van der Waals surface area contributed by atoms with Gasteiger partial charge < -0.3 is 20.1 Å². The topological polar surface area (TPSA) is 76.7 Å². The molecule has 0 unspecified atom stereocenters. The summed E-state index contributed by atoms with van der Waals surface area (Å²) in [6, 6.07) is 21.0. The van der Waals surface area contributed by atoms with Crippen molar-refractivity contribution in [3.05, 3.63) is 83.4 Å². The van der Waals surface area contributed by atoms with Crippen molar-refractivity contribution in [2.45, 2.75) is 20.8 Å². The summed E-state index contributed by atoms with van der Waals surface area (Å²) in [5.41, 5.74) is 5.68. The Morgan fingerprint density at radius 2 is 1.42 bits per heavy atom. The van der Waals surface area contributed by atoms with Crippen molar-refractivity contribution in [1.29, 1.82) is 0 Å². The van der Waals surface area contributed by atoms with Crippen LogP contribution in [0.4, 0.5) is 17.1 Å². The molecule has 0 radical (unpaired) electrons. The number of esters is 1. The summed E-state index contributed by atoms with van der Waals surface area (Å²) in [6.07, 6.45) is 0. The van der Waals surface area contributed by atoms with Gasteiger partial charge >= 0.3 is 5.97 Å². The highest BCUT2D eigenvalue weighted by atomic mass is 16.6. The lowest BCUT2D eigenvalue weighted by molar-refractivity contribution is -0.149. The number of carbonyl (C=O) groups excluding carboxylic acids is 2. The molecule has 0 saturated carbocycles. The lowest BCUT2D eigenvalue weighted by Crippen LogP contribution is -2.24. The zero-order chi connectivity index (χ0) is 22.2. The third-order valence-electron chi connectivity index (χ3n) is 4.58. The van der Waals surface area contributed by atoms with E-state index in [0.717, 1.165) is 33.8 Å². The van der Waals surface area contributed by atoms with Crippen LogP contribution in [0.5, 0.6) is 5.75 Å². The number of para-hydroxylation sites is 1. The zero-order valence-corrected chi connectivity index (χ0v) is 17.9. The van der Waals surface area contributed by atoms with E-state index in [9.17, 15) is 9.59 Å². The number of benzene rings is 3. The number of ether oxygens (including phenoxy) is 2. The van der Waals surface area contributed by atoms with Crippen LogP contribution in [0.2, 0.25) is 0 Å². The summed E-state index contributed by atoms with van der Waals surface area (Å²) in [5.74, 6) is -0.468. The van der Waals surface area contributed by atoms with E-state index >= 15 is 0 Å². The maximum atomic E-state index is 12.1. The maximum absolute atomic E-state index is 12.1. The van der Waals surface area contributed by atoms with Crippen molar-refractivity contribution in [2.75, 3.05) is 23.8 Å².